The summed E-state index contributed by atoms with van der Waals surface area (Å²) in [6.45, 7) is 1.91. The molecule has 1 saturated heterocycles. The van der Waals surface area contributed by atoms with Gasteiger partial charge in [-0.05, 0) is 25.9 Å². The number of rotatable bonds is 3. The fraction of sp³-hybridized carbons (Fsp3) is 0.818. The third-order valence-corrected chi connectivity index (χ3v) is 2.96. The second-order valence-electron chi connectivity index (χ2n) is 4.36. The van der Waals surface area contributed by atoms with Crippen LogP contribution in [0.3, 0.4) is 0 Å². The topological polar surface area (TPSA) is 49.9 Å². The Morgan fingerprint density at radius 3 is 2.31 bits per heavy atom. The van der Waals surface area contributed by atoms with Crippen LogP contribution in [0.15, 0.2) is 0 Å². The maximum absolute atomic E-state index is 11.7. The molecule has 0 aromatic heterocycles. The molecule has 0 spiro atoms. The molecule has 0 radical (unpaired) electrons. The van der Waals surface area contributed by atoms with E-state index in [0.29, 0.717) is 6.54 Å². The maximum Gasteiger partial charge on any atom is 0.319 e. The van der Waals surface area contributed by atoms with E-state index in [2.05, 4.69) is 4.74 Å². The zero-order valence-electron chi connectivity index (χ0n) is 10.2. The first kappa shape index (κ1) is 13.0. The van der Waals surface area contributed by atoms with Crippen LogP contribution in [0.4, 0.5) is 0 Å². The van der Waals surface area contributed by atoms with Gasteiger partial charge in [-0.25, -0.2) is 0 Å². The van der Waals surface area contributed by atoms with Crippen LogP contribution in [0.25, 0.3) is 0 Å². The summed E-state index contributed by atoms with van der Waals surface area (Å²) in [7, 11) is 4.96. The van der Waals surface area contributed by atoms with Crippen molar-refractivity contribution in [3.05, 3.63) is 0 Å². The fourth-order valence-electron chi connectivity index (χ4n) is 1.95. The van der Waals surface area contributed by atoms with Gasteiger partial charge >= 0.3 is 5.97 Å². The lowest BCUT2D eigenvalue weighted by Gasteiger charge is -2.31. The van der Waals surface area contributed by atoms with Crippen molar-refractivity contribution in [2.24, 2.45) is 5.92 Å². The molecule has 0 saturated carbocycles. The van der Waals surface area contributed by atoms with E-state index in [-0.39, 0.29) is 17.8 Å². The number of nitrogens with zero attached hydrogens (tertiary/aromatic N) is 2. The molecule has 92 valence electrons. The monoisotopic (exact) mass is 228 g/mol. The van der Waals surface area contributed by atoms with Gasteiger partial charge in [-0.2, -0.15) is 0 Å². The van der Waals surface area contributed by atoms with E-state index in [4.69, 9.17) is 0 Å². The summed E-state index contributed by atoms with van der Waals surface area (Å²) in [5, 5.41) is 0. The molecule has 5 heteroatoms. The molecule has 1 fully saturated rings. The number of piperidine rings is 1. The summed E-state index contributed by atoms with van der Waals surface area (Å²) in [6.07, 6.45) is 1.65. The number of methoxy groups -OCH3 is 1. The van der Waals surface area contributed by atoms with Gasteiger partial charge in [0.15, 0.2) is 0 Å². The van der Waals surface area contributed by atoms with Crippen LogP contribution < -0.4 is 0 Å². The van der Waals surface area contributed by atoms with Gasteiger partial charge < -0.3 is 9.64 Å². The number of likely N-dealkylation sites (tertiary alicyclic amines) is 1. The third kappa shape index (κ3) is 3.48. The Kier molecular flexibility index (Phi) is 4.73. The van der Waals surface area contributed by atoms with Gasteiger partial charge in [-0.15, -0.1) is 0 Å². The Balaban J connectivity index is 2.34. The Hall–Kier alpha value is -1.10. The highest BCUT2D eigenvalue weighted by Crippen LogP contribution is 2.18. The summed E-state index contributed by atoms with van der Waals surface area (Å²) in [5.41, 5.74) is 0. The summed E-state index contributed by atoms with van der Waals surface area (Å²) >= 11 is 0. The second-order valence-corrected chi connectivity index (χ2v) is 4.36. The average molecular weight is 228 g/mol. The van der Waals surface area contributed by atoms with Crippen molar-refractivity contribution >= 4 is 11.9 Å². The van der Waals surface area contributed by atoms with Crippen molar-refractivity contribution in [2.75, 3.05) is 40.8 Å². The SMILES string of the molecule is COC(=O)CN1CCC(C(=O)N(C)C)CC1. The Morgan fingerprint density at radius 2 is 1.88 bits per heavy atom. The van der Waals surface area contributed by atoms with Crippen LogP contribution in [0, 0.1) is 5.92 Å². The van der Waals surface area contributed by atoms with E-state index < -0.39 is 0 Å². The number of hydrogen-bond donors (Lipinski definition) is 0. The number of carbonyl (C=O) groups is 2. The van der Waals surface area contributed by atoms with Crippen LogP contribution in [-0.2, 0) is 14.3 Å². The van der Waals surface area contributed by atoms with Gasteiger partial charge in [-0.1, -0.05) is 0 Å². The molecule has 0 N–H and O–H groups in total. The largest absolute Gasteiger partial charge is 0.468 e. The molecule has 0 bridgehead atoms. The Morgan fingerprint density at radius 1 is 1.31 bits per heavy atom. The van der Waals surface area contributed by atoms with Gasteiger partial charge in [0.1, 0.15) is 0 Å². The van der Waals surface area contributed by atoms with E-state index in [1.54, 1.807) is 19.0 Å². The van der Waals surface area contributed by atoms with Crippen LogP contribution in [0.1, 0.15) is 12.8 Å². The predicted octanol–water partition coefficient (Wildman–Crippen LogP) is -0.0404. The molecule has 1 rings (SSSR count). The Bertz CT molecular complexity index is 258. The second kappa shape index (κ2) is 5.84. The molecule has 0 unspecified atom stereocenters. The molecule has 1 heterocycles. The van der Waals surface area contributed by atoms with Crippen molar-refractivity contribution in [1.82, 2.24) is 9.80 Å². The number of hydrogen-bond acceptors (Lipinski definition) is 4. The lowest BCUT2D eigenvalue weighted by atomic mass is 9.95. The molecular weight excluding hydrogens is 208 g/mol. The zero-order valence-corrected chi connectivity index (χ0v) is 10.2. The third-order valence-electron chi connectivity index (χ3n) is 2.96. The molecule has 1 aliphatic rings. The van der Waals surface area contributed by atoms with Crippen molar-refractivity contribution in [1.29, 1.82) is 0 Å². The van der Waals surface area contributed by atoms with E-state index in [1.807, 2.05) is 4.90 Å². The van der Waals surface area contributed by atoms with Crippen LogP contribution in [-0.4, -0.2) is 62.5 Å². The molecule has 1 aliphatic heterocycles. The fourth-order valence-corrected chi connectivity index (χ4v) is 1.95. The standard InChI is InChI=1S/C11H20N2O3/c1-12(2)11(15)9-4-6-13(7-5-9)8-10(14)16-3/h9H,4-8H2,1-3H3. The minimum atomic E-state index is -0.211. The molecule has 0 aromatic rings. The van der Waals surface area contributed by atoms with Crippen LogP contribution in [0.2, 0.25) is 0 Å². The minimum Gasteiger partial charge on any atom is -0.468 e. The molecule has 5 nitrogen and oxygen atoms in total. The zero-order chi connectivity index (χ0) is 12.1. The Labute approximate surface area is 96.3 Å². The lowest BCUT2D eigenvalue weighted by Crippen LogP contribution is -2.42. The summed E-state index contributed by atoms with van der Waals surface area (Å²) in [5.74, 6) is 0.0963. The smallest absolute Gasteiger partial charge is 0.319 e. The summed E-state index contributed by atoms with van der Waals surface area (Å²) in [6, 6.07) is 0. The van der Waals surface area contributed by atoms with E-state index >= 15 is 0 Å². The van der Waals surface area contributed by atoms with Crippen molar-refractivity contribution in [2.45, 2.75) is 12.8 Å². The van der Waals surface area contributed by atoms with Crippen LogP contribution in [0.5, 0.6) is 0 Å². The molecule has 1 amide bonds. The van der Waals surface area contributed by atoms with Crippen LogP contribution >= 0.6 is 0 Å². The minimum absolute atomic E-state index is 0.115. The first-order chi connectivity index (χ1) is 7.54. The highest BCUT2D eigenvalue weighted by atomic mass is 16.5. The van der Waals surface area contributed by atoms with Crippen molar-refractivity contribution < 1.29 is 14.3 Å². The highest BCUT2D eigenvalue weighted by Gasteiger charge is 2.26. The first-order valence-corrected chi connectivity index (χ1v) is 5.55. The molecule has 0 aromatic carbocycles. The lowest BCUT2D eigenvalue weighted by molar-refractivity contribution is -0.142. The predicted molar refractivity (Wildman–Crippen MR) is 59.9 cm³/mol. The van der Waals surface area contributed by atoms with E-state index in [1.165, 1.54) is 7.11 Å². The number of carbonyl (C=O) groups excluding carboxylic acids is 2. The van der Waals surface area contributed by atoms with Gasteiger partial charge in [0.05, 0.1) is 13.7 Å². The van der Waals surface area contributed by atoms with Gasteiger partial charge in [-0.3, -0.25) is 14.5 Å². The normalized spacial score (nSPS) is 18.2. The maximum atomic E-state index is 11.7. The number of esters is 1. The average Bonchev–Trinajstić information content (AvgIpc) is 2.28. The molecule has 0 atom stereocenters. The number of ether oxygens (including phenoxy) is 1. The van der Waals surface area contributed by atoms with E-state index in [0.717, 1.165) is 25.9 Å². The summed E-state index contributed by atoms with van der Waals surface area (Å²) in [4.78, 5) is 26.4. The summed E-state index contributed by atoms with van der Waals surface area (Å²) < 4.78 is 4.61. The molecular formula is C11H20N2O3. The van der Waals surface area contributed by atoms with Crippen molar-refractivity contribution in [3.8, 4) is 0 Å². The molecule has 16 heavy (non-hydrogen) atoms. The van der Waals surface area contributed by atoms with E-state index in [9.17, 15) is 9.59 Å². The van der Waals surface area contributed by atoms with Gasteiger partial charge in [0.2, 0.25) is 5.91 Å². The molecule has 0 aliphatic carbocycles. The van der Waals surface area contributed by atoms with Gasteiger partial charge in [0.25, 0.3) is 0 Å². The van der Waals surface area contributed by atoms with Gasteiger partial charge in [0, 0.05) is 20.0 Å². The first-order valence-electron chi connectivity index (χ1n) is 5.55. The number of amides is 1. The quantitative estimate of drug-likeness (QED) is 0.636. The van der Waals surface area contributed by atoms with Crippen molar-refractivity contribution in [3.63, 3.8) is 0 Å². The highest BCUT2D eigenvalue weighted by molar-refractivity contribution is 5.78.